The van der Waals surface area contributed by atoms with Gasteiger partial charge >= 0.3 is 0 Å². The Morgan fingerprint density at radius 1 is 1.25 bits per heavy atom. The van der Waals surface area contributed by atoms with Gasteiger partial charge in [0.05, 0.1) is 0 Å². The molecule has 2 nitrogen and oxygen atoms in total. The van der Waals surface area contributed by atoms with Gasteiger partial charge in [-0.25, -0.2) is 0 Å². The number of hydrogen-bond donors (Lipinski definition) is 2. The molecule has 0 spiro atoms. The summed E-state index contributed by atoms with van der Waals surface area (Å²) >= 11 is 0. The molecule has 2 rings (SSSR count). The standard InChI is InChI=1S/C14H28N2/c1-2-13-7-4-9-14(13,11-15)16-10-8-12-5-3-6-12/h12-13,16H,2-11,15H2,1H3. The first kappa shape index (κ1) is 12.4. The molecule has 0 aromatic carbocycles. The second kappa shape index (κ2) is 5.50. The van der Waals surface area contributed by atoms with Gasteiger partial charge in [0, 0.05) is 12.1 Å². The highest BCUT2D eigenvalue weighted by molar-refractivity contribution is 4.99. The molecule has 94 valence electrons. The quantitative estimate of drug-likeness (QED) is 0.728. The minimum atomic E-state index is 0.290. The van der Waals surface area contributed by atoms with Crippen LogP contribution in [0.5, 0.6) is 0 Å². The molecule has 2 saturated carbocycles. The van der Waals surface area contributed by atoms with Crippen LogP contribution in [0.15, 0.2) is 0 Å². The third-order valence-corrected chi connectivity index (χ3v) is 5.07. The zero-order valence-corrected chi connectivity index (χ0v) is 10.8. The minimum Gasteiger partial charge on any atom is -0.329 e. The molecule has 3 N–H and O–H groups in total. The summed E-state index contributed by atoms with van der Waals surface area (Å²) in [5.41, 5.74) is 6.33. The summed E-state index contributed by atoms with van der Waals surface area (Å²) in [5.74, 6) is 1.84. The second-order valence-corrected chi connectivity index (χ2v) is 5.87. The van der Waals surface area contributed by atoms with Crippen LogP contribution in [0.25, 0.3) is 0 Å². The Morgan fingerprint density at radius 3 is 2.62 bits per heavy atom. The Labute approximate surface area is 100 Å². The molecule has 2 aliphatic carbocycles. The van der Waals surface area contributed by atoms with Crippen molar-refractivity contribution in [3.8, 4) is 0 Å². The third-order valence-electron chi connectivity index (χ3n) is 5.07. The lowest BCUT2D eigenvalue weighted by Gasteiger charge is -2.36. The highest BCUT2D eigenvalue weighted by atomic mass is 15.0. The van der Waals surface area contributed by atoms with Crippen molar-refractivity contribution in [2.24, 2.45) is 17.6 Å². The molecule has 2 atom stereocenters. The van der Waals surface area contributed by atoms with Crippen molar-refractivity contribution in [3.63, 3.8) is 0 Å². The van der Waals surface area contributed by atoms with Gasteiger partial charge in [-0.2, -0.15) is 0 Å². The SMILES string of the molecule is CCC1CCCC1(CN)NCCC1CCC1. The fourth-order valence-corrected chi connectivity index (χ4v) is 3.62. The van der Waals surface area contributed by atoms with Crippen LogP contribution in [-0.4, -0.2) is 18.6 Å². The Bertz CT molecular complexity index is 213. The maximum absolute atomic E-state index is 6.04. The van der Waals surface area contributed by atoms with Gasteiger partial charge in [0.1, 0.15) is 0 Å². The van der Waals surface area contributed by atoms with Crippen molar-refractivity contribution in [1.82, 2.24) is 5.32 Å². The maximum atomic E-state index is 6.04. The van der Waals surface area contributed by atoms with E-state index in [1.54, 1.807) is 0 Å². The maximum Gasteiger partial charge on any atom is 0.0332 e. The molecule has 0 heterocycles. The van der Waals surface area contributed by atoms with E-state index in [0.29, 0.717) is 5.54 Å². The normalized spacial score (nSPS) is 35.2. The largest absolute Gasteiger partial charge is 0.329 e. The summed E-state index contributed by atoms with van der Waals surface area (Å²) in [6.45, 7) is 4.34. The molecule has 0 amide bonds. The summed E-state index contributed by atoms with van der Waals surface area (Å²) in [6, 6.07) is 0. The Morgan fingerprint density at radius 2 is 2.06 bits per heavy atom. The Hall–Kier alpha value is -0.0800. The van der Waals surface area contributed by atoms with Gasteiger partial charge in [0.25, 0.3) is 0 Å². The summed E-state index contributed by atoms with van der Waals surface area (Å²) in [4.78, 5) is 0. The van der Waals surface area contributed by atoms with Crippen LogP contribution >= 0.6 is 0 Å². The van der Waals surface area contributed by atoms with Gasteiger partial charge < -0.3 is 11.1 Å². The minimum absolute atomic E-state index is 0.290. The molecule has 2 heteroatoms. The molecular formula is C14H28N2. The van der Waals surface area contributed by atoms with Crippen molar-refractivity contribution in [1.29, 1.82) is 0 Å². The average molecular weight is 224 g/mol. The highest BCUT2D eigenvalue weighted by Crippen LogP contribution is 2.37. The number of nitrogens with one attached hydrogen (secondary N) is 1. The first-order valence-electron chi connectivity index (χ1n) is 7.26. The molecule has 0 bridgehead atoms. The lowest BCUT2D eigenvalue weighted by molar-refractivity contribution is 0.222. The fraction of sp³-hybridized carbons (Fsp3) is 1.00. The smallest absolute Gasteiger partial charge is 0.0332 e. The van der Waals surface area contributed by atoms with Crippen LogP contribution < -0.4 is 11.1 Å². The van der Waals surface area contributed by atoms with Crippen molar-refractivity contribution >= 4 is 0 Å². The van der Waals surface area contributed by atoms with Crippen LogP contribution in [-0.2, 0) is 0 Å². The van der Waals surface area contributed by atoms with Gasteiger partial charge in [-0.1, -0.05) is 39.0 Å². The summed E-state index contributed by atoms with van der Waals surface area (Å²) in [7, 11) is 0. The van der Waals surface area contributed by atoms with Crippen LogP contribution in [0.1, 0.15) is 58.3 Å². The summed E-state index contributed by atoms with van der Waals surface area (Å²) in [5, 5.41) is 3.82. The van der Waals surface area contributed by atoms with Gasteiger partial charge in [0.15, 0.2) is 0 Å². The van der Waals surface area contributed by atoms with Gasteiger partial charge in [-0.15, -0.1) is 0 Å². The Kier molecular flexibility index (Phi) is 4.26. The summed E-state index contributed by atoms with van der Waals surface area (Å²) in [6.07, 6.45) is 11.1. The van der Waals surface area contributed by atoms with Gasteiger partial charge in [-0.05, 0) is 37.6 Å². The van der Waals surface area contributed by atoms with E-state index in [1.165, 1.54) is 57.9 Å². The molecule has 0 aromatic heterocycles. The first-order valence-corrected chi connectivity index (χ1v) is 7.26. The van der Waals surface area contributed by atoms with E-state index < -0.39 is 0 Å². The van der Waals surface area contributed by atoms with E-state index in [0.717, 1.165) is 18.4 Å². The van der Waals surface area contributed by atoms with E-state index in [2.05, 4.69) is 12.2 Å². The van der Waals surface area contributed by atoms with E-state index >= 15 is 0 Å². The van der Waals surface area contributed by atoms with Crippen LogP contribution in [0.3, 0.4) is 0 Å². The molecule has 16 heavy (non-hydrogen) atoms. The topological polar surface area (TPSA) is 38.0 Å². The number of nitrogens with two attached hydrogens (primary N) is 1. The molecular weight excluding hydrogens is 196 g/mol. The molecule has 2 aliphatic rings. The molecule has 2 fully saturated rings. The van der Waals surface area contributed by atoms with Crippen LogP contribution in [0, 0.1) is 11.8 Å². The van der Waals surface area contributed by atoms with Crippen molar-refractivity contribution in [3.05, 3.63) is 0 Å². The average Bonchev–Trinajstić information content (AvgIpc) is 2.65. The zero-order chi connectivity index (χ0) is 11.4. The zero-order valence-electron chi connectivity index (χ0n) is 10.8. The van der Waals surface area contributed by atoms with E-state index in [4.69, 9.17) is 5.73 Å². The molecule has 2 unspecified atom stereocenters. The van der Waals surface area contributed by atoms with Crippen LogP contribution in [0.4, 0.5) is 0 Å². The van der Waals surface area contributed by atoms with Gasteiger partial charge in [0.2, 0.25) is 0 Å². The van der Waals surface area contributed by atoms with Crippen molar-refractivity contribution < 1.29 is 0 Å². The molecule has 0 radical (unpaired) electrons. The predicted octanol–water partition coefficient (Wildman–Crippen LogP) is 2.67. The van der Waals surface area contributed by atoms with Crippen molar-refractivity contribution in [2.45, 2.75) is 63.8 Å². The summed E-state index contributed by atoms with van der Waals surface area (Å²) < 4.78 is 0. The Balaban J connectivity index is 1.78. The highest BCUT2D eigenvalue weighted by Gasteiger charge is 2.40. The van der Waals surface area contributed by atoms with E-state index in [1.807, 2.05) is 0 Å². The predicted molar refractivity (Wildman–Crippen MR) is 69.4 cm³/mol. The number of rotatable bonds is 6. The van der Waals surface area contributed by atoms with E-state index in [-0.39, 0.29) is 0 Å². The van der Waals surface area contributed by atoms with Gasteiger partial charge in [-0.3, -0.25) is 0 Å². The van der Waals surface area contributed by atoms with Crippen LogP contribution in [0.2, 0.25) is 0 Å². The lowest BCUT2D eigenvalue weighted by atomic mass is 9.81. The third kappa shape index (κ3) is 2.43. The molecule has 0 aliphatic heterocycles. The van der Waals surface area contributed by atoms with Crippen molar-refractivity contribution in [2.75, 3.05) is 13.1 Å². The molecule has 0 saturated heterocycles. The lowest BCUT2D eigenvalue weighted by Crippen LogP contribution is -2.54. The van der Waals surface area contributed by atoms with E-state index in [9.17, 15) is 0 Å². The second-order valence-electron chi connectivity index (χ2n) is 5.87. The first-order chi connectivity index (χ1) is 7.80. The number of hydrogen-bond acceptors (Lipinski definition) is 2. The monoisotopic (exact) mass is 224 g/mol. The molecule has 0 aromatic rings. The fourth-order valence-electron chi connectivity index (χ4n) is 3.62.